The molecule has 0 bridgehead atoms. The van der Waals surface area contributed by atoms with Crippen molar-refractivity contribution in [1.29, 1.82) is 0 Å². The fourth-order valence-electron chi connectivity index (χ4n) is 5.64. The van der Waals surface area contributed by atoms with E-state index in [1.807, 2.05) is 6.92 Å². The molecule has 1 N–H and O–H groups in total. The molecule has 0 spiro atoms. The van der Waals surface area contributed by atoms with E-state index >= 15 is 0 Å². The number of rotatable bonds is 8. The fourth-order valence-corrected chi connectivity index (χ4v) is 6.93. The van der Waals surface area contributed by atoms with Gasteiger partial charge in [-0.1, -0.05) is 13.0 Å². The molecule has 5 rings (SSSR count). The van der Waals surface area contributed by atoms with Crippen LogP contribution in [0.5, 0.6) is 5.75 Å². The molecule has 204 valence electrons. The number of anilines is 1. The highest BCUT2D eigenvalue weighted by atomic mass is 32.2. The van der Waals surface area contributed by atoms with Gasteiger partial charge in [0.2, 0.25) is 5.91 Å². The van der Waals surface area contributed by atoms with Crippen LogP contribution in [0.3, 0.4) is 0 Å². The Labute approximate surface area is 221 Å². The number of hydrogen-bond donors (Lipinski definition) is 1. The highest BCUT2D eigenvalue weighted by Gasteiger charge is 2.45. The molecule has 1 amide bonds. The number of halogens is 1. The van der Waals surface area contributed by atoms with Gasteiger partial charge in [-0.15, -0.1) is 0 Å². The number of likely N-dealkylation sites (tertiary alicyclic amines) is 1. The summed E-state index contributed by atoms with van der Waals surface area (Å²) >= 11 is 0. The number of benzene rings is 2. The third-order valence-electron chi connectivity index (χ3n) is 7.74. The van der Waals surface area contributed by atoms with Gasteiger partial charge in [-0.25, -0.2) is 17.6 Å². The summed E-state index contributed by atoms with van der Waals surface area (Å²) in [5, 5.41) is 0. The number of methoxy groups -OCH3 is 1. The molecule has 3 atom stereocenters. The molecule has 1 aliphatic carbocycles. The largest absolute Gasteiger partial charge is 0.492 e. The maximum Gasteiger partial charge on any atom is 0.343 e. The van der Waals surface area contributed by atoms with Crippen LogP contribution in [0.4, 0.5) is 10.1 Å². The average Bonchev–Trinajstić information content (AvgIpc) is 3.54. The summed E-state index contributed by atoms with van der Waals surface area (Å²) in [7, 11) is -1.48. The summed E-state index contributed by atoms with van der Waals surface area (Å²) in [5.74, 6) is -0.452. The van der Waals surface area contributed by atoms with Crippen LogP contribution >= 0.6 is 0 Å². The molecular formula is C27H32FN3O6S. The first kappa shape index (κ1) is 26.4. The number of amides is 1. The molecule has 38 heavy (non-hydrogen) atoms. The van der Waals surface area contributed by atoms with Gasteiger partial charge < -0.3 is 14.4 Å². The van der Waals surface area contributed by atoms with Gasteiger partial charge in [0.1, 0.15) is 17.1 Å². The minimum atomic E-state index is -4.29. The Balaban J connectivity index is 1.45. The molecule has 2 aromatic carbocycles. The lowest BCUT2D eigenvalue weighted by atomic mass is 10.0. The molecule has 2 fully saturated rings. The number of fused-ring (bicyclic) bond motifs is 3. The summed E-state index contributed by atoms with van der Waals surface area (Å²) in [6, 6.07) is 6.37. The summed E-state index contributed by atoms with van der Waals surface area (Å²) in [6.07, 6.45) is 2.60. The Hall–Kier alpha value is -3.18. The Morgan fingerprint density at radius 1 is 1.26 bits per heavy atom. The number of nitrogens with zero attached hydrogens (tertiary/aromatic N) is 2. The van der Waals surface area contributed by atoms with Gasteiger partial charge in [-0.05, 0) is 73.7 Å². The van der Waals surface area contributed by atoms with Crippen molar-refractivity contribution >= 4 is 27.6 Å². The molecule has 3 unspecified atom stereocenters. The number of sulfonamides is 1. The predicted molar refractivity (Wildman–Crippen MR) is 138 cm³/mol. The van der Waals surface area contributed by atoms with Crippen LogP contribution in [0.1, 0.15) is 53.6 Å². The lowest BCUT2D eigenvalue weighted by Crippen LogP contribution is -2.43. The van der Waals surface area contributed by atoms with Crippen molar-refractivity contribution < 1.29 is 31.9 Å². The van der Waals surface area contributed by atoms with Crippen molar-refractivity contribution in [3.8, 4) is 5.75 Å². The Kier molecular flexibility index (Phi) is 7.08. The van der Waals surface area contributed by atoms with Crippen molar-refractivity contribution in [1.82, 2.24) is 9.80 Å². The van der Waals surface area contributed by atoms with E-state index in [1.165, 1.54) is 24.1 Å². The van der Waals surface area contributed by atoms with E-state index in [0.717, 1.165) is 50.0 Å². The summed E-state index contributed by atoms with van der Waals surface area (Å²) in [5.41, 5.74) is 1.01. The van der Waals surface area contributed by atoms with Gasteiger partial charge in [-0.3, -0.25) is 14.4 Å². The number of nitrogens with one attached hydrogen (secondary N) is 1. The number of ether oxygens (including phenoxy) is 2. The van der Waals surface area contributed by atoms with E-state index in [0.29, 0.717) is 18.3 Å². The van der Waals surface area contributed by atoms with E-state index in [1.54, 1.807) is 13.1 Å². The van der Waals surface area contributed by atoms with E-state index in [4.69, 9.17) is 9.47 Å². The topological polar surface area (TPSA) is 105 Å². The van der Waals surface area contributed by atoms with Crippen LogP contribution in [-0.2, 0) is 26.1 Å². The van der Waals surface area contributed by atoms with E-state index in [2.05, 4.69) is 9.62 Å². The molecule has 3 aliphatic rings. The Bertz CT molecular complexity index is 1380. The molecule has 2 aliphatic heterocycles. The maximum atomic E-state index is 14.3. The van der Waals surface area contributed by atoms with Gasteiger partial charge >= 0.3 is 5.97 Å². The highest BCUT2D eigenvalue weighted by molar-refractivity contribution is 7.92. The molecule has 11 heteroatoms. The van der Waals surface area contributed by atoms with Gasteiger partial charge in [0, 0.05) is 19.5 Å². The SMILES string of the molecule is CCN1CCCC1C(=O)N(C)Cc1cc(F)ccc1S(=O)(=O)Nc1ccc2c(c1C(=O)OC)OCC1CC21. The van der Waals surface area contributed by atoms with Crippen LogP contribution in [-0.4, -0.2) is 70.0 Å². The zero-order chi connectivity index (χ0) is 27.2. The quantitative estimate of drug-likeness (QED) is 0.507. The first-order valence-corrected chi connectivity index (χ1v) is 14.3. The lowest BCUT2D eigenvalue weighted by Gasteiger charge is -2.27. The molecule has 2 aromatic rings. The van der Waals surface area contributed by atoms with Crippen molar-refractivity contribution in [2.45, 2.75) is 49.6 Å². The van der Waals surface area contributed by atoms with Crippen molar-refractivity contribution in [2.24, 2.45) is 5.92 Å². The summed E-state index contributed by atoms with van der Waals surface area (Å²) < 4.78 is 54.8. The van der Waals surface area contributed by atoms with Crippen molar-refractivity contribution in [3.63, 3.8) is 0 Å². The van der Waals surface area contributed by atoms with Crippen LogP contribution in [0, 0.1) is 11.7 Å². The standard InChI is InChI=1S/C27H32FN3O6S/c1-4-31-11-5-6-22(31)26(32)30(2)14-16-12-18(28)7-10-23(16)38(34,35)29-21-9-8-19-20-13-17(20)15-37-25(19)24(21)27(33)36-3/h7-10,12,17,20,22,29H,4-6,11,13-15H2,1-3H3. The van der Waals surface area contributed by atoms with Gasteiger partial charge in [0.05, 0.1) is 30.3 Å². The third kappa shape index (κ3) is 4.84. The average molecular weight is 546 g/mol. The molecular weight excluding hydrogens is 513 g/mol. The maximum absolute atomic E-state index is 14.3. The van der Waals surface area contributed by atoms with Gasteiger partial charge in [-0.2, -0.15) is 0 Å². The van der Waals surface area contributed by atoms with E-state index in [9.17, 15) is 22.4 Å². The zero-order valence-electron chi connectivity index (χ0n) is 21.7. The summed E-state index contributed by atoms with van der Waals surface area (Å²) in [6.45, 7) is 3.92. The molecule has 0 aromatic heterocycles. The Morgan fingerprint density at radius 2 is 2.05 bits per heavy atom. The second-order valence-corrected chi connectivity index (χ2v) is 11.8. The molecule has 2 heterocycles. The van der Waals surface area contributed by atoms with Crippen molar-refractivity contribution in [3.05, 3.63) is 52.8 Å². The summed E-state index contributed by atoms with van der Waals surface area (Å²) in [4.78, 5) is 29.2. The molecule has 0 radical (unpaired) electrons. The number of carbonyl (C=O) groups is 2. The zero-order valence-corrected chi connectivity index (χ0v) is 22.5. The second-order valence-electron chi connectivity index (χ2n) is 10.1. The Morgan fingerprint density at radius 3 is 2.79 bits per heavy atom. The molecule has 1 saturated heterocycles. The lowest BCUT2D eigenvalue weighted by molar-refractivity contribution is -0.135. The highest BCUT2D eigenvalue weighted by Crippen LogP contribution is 2.55. The minimum absolute atomic E-state index is 0.00997. The van der Waals surface area contributed by atoms with Crippen LogP contribution in [0.25, 0.3) is 0 Å². The van der Waals surface area contributed by atoms with Gasteiger partial charge in [0.25, 0.3) is 10.0 Å². The predicted octanol–water partition coefficient (Wildman–Crippen LogP) is 3.35. The van der Waals surface area contributed by atoms with E-state index < -0.39 is 21.8 Å². The minimum Gasteiger partial charge on any atom is -0.492 e. The third-order valence-corrected chi connectivity index (χ3v) is 9.20. The number of hydrogen-bond acceptors (Lipinski definition) is 7. The normalized spacial score (nSPS) is 22.2. The molecule has 9 nitrogen and oxygen atoms in total. The number of carbonyl (C=O) groups excluding carboxylic acids is 2. The number of likely N-dealkylation sites (N-methyl/N-ethyl adjacent to an activating group) is 2. The first-order chi connectivity index (χ1) is 18.1. The van der Waals surface area contributed by atoms with E-state index in [-0.39, 0.29) is 46.1 Å². The molecule has 1 saturated carbocycles. The van der Waals surface area contributed by atoms with Gasteiger partial charge in [0.15, 0.2) is 0 Å². The fraction of sp³-hybridized carbons (Fsp3) is 0.481. The van der Waals surface area contributed by atoms with Crippen LogP contribution in [0.15, 0.2) is 35.2 Å². The first-order valence-electron chi connectivity index (χ1n) is 12.8. The van der Waals surface area contributed by atoms with Crippen molar-refractivity contribution in [2.75, 3.05) is 38.6 Å². The van der Waals surface area contributed by atoms with Crippen LogP contribution in [0.2, 0.25) is 0 Å². The van der Waals surface area contributed by atoms with Crippen LogP contribution < -0.4 is 9.46 Å². The number of esters is 1. The monoisotopic (exact) mass is 545 g/mol. The smallest absolute Gasteiger partial charge is 0.343 e. The second kappa shape index (κ2) is 10.2.